The van der Waals surface area contributed by atoms with E-state index in [0.29, 0.717) is 0 Å². The zero-order valence-corrected chi connectivity index (χ0v) is 28.6. The first-order valence-electron chi connectivity index (χ1n) is 13.5. The fraction of sp³-hybridized carbons (Fsp3) is 0. The number of rotatable bonds is 6. The van der Waals surface area contributed by atoms with Gasteiger partial charge in [0.2, 0.25) is 0 Å². The monoisotopic (exact) mass is 728 g/mol. The second kappa shape index (κ2) is 21.0. The first-order valence-corrected chi connectivity index (χ1v) is 20.2. The molecule has 6 aromatic rings. The average Bonchev–Trinajstić information content (AvgIpc) is 3.10. The first-order chi connectivity index (χ1) is 21.3. The molecule has 0 saturated carbocycles. The van der Waals surface area contributed by atoms with Gasteiger partial charge < -0.3 is 0 Å². The van der Waals surface area contributed by atoms with Gasteiger partial charge in [-0.1, -0.05) is 182 Å². The van der Waals surface area contributed by atoms with Gasteiger partial charge in [0.05, 0.1) is 0 Å². The van der Waals surface area contributed by atoms with E-state index in [1.807, 2.05) is 0 Å². The minimum absolute atomic E-state index is 0.106. The molecule has 6 rings (SSSR count). The topological polar surface area (TPSA) is 0 Å². The molecule has 0 spiro atoms. The van der Waals surface area contributed by atoms with Gasteiger partial charge in [0.25, 0.3) is 0 Å². The maximum atomic E-state index is 4.81. The summed E-state index contributed by atoms with van der Waals surface area (Å²) in [4.78, 5) is 0. The van der Waals surface area contributed by atoms with E-state index in [9.17, 15) is 0 Å². The van der Waals surface area contributed by atoms with Crippen molar-refractivity contribution >= 4 is 66.7 Å². The maximum Gasteiger partial charge on any atom is -0.0134 e. The average molecular weight is 730 g/mol. The van der Waals surface area contributed by atoms with Gasteiger partial charge in [-0.15, -0.1) is 13.2 Å². The van der Waals surface area contributed by atoms with Crippen LogP contribution < -0.4 is 31.8 Å². The fourth-order valence-electron chi connectivity index (χ4n) is 4.36. The van der Waals surface area contributed by atoms with Crippen molar-refractivity contribution in [2.45, 2.75) is 0 Å². The van der Waals surface area contributed by atoms with Crippen LogP contribution in [-0.4, -0.2) is 0 Å². The van der Waals surface area contributed by atoms with Crippen LogP contribution in [0.25, 0.3) is 0 Å². The molecule has 0 aliphatic carbocycles. The van der Waals surface area contributed by atoms with E-state index in [1.54, 1.807) is 0 Å². The standard InChI is InChI=1S/2C18H15P.C2H4.2ClH.Pd/c2*1-4-10-16(11-5-1)19(17-12-6-2-7-13-17)18-14-8-3-9-15-18;1-2;;;/h2*1-15H;1-2H2;2*1H;/q;;;;;+2/p-2. The summed E-state index contributed by atoms with van der Waals surface area (Å²) >= 11 is -0.106. The number of hydrogen-bond acceptors (Lipinski definition) is 0. The van der Waals surface area contributed by atoms with E-state index >= 15 is 0 Å². The number of hydrogen-bond donors (Lipinski definition) is 0. The molecular formula is C38H34Cl2P2Pd. The molecule has 0 aliphatic rings. The molecule has 43 heavy (non-hydrogen) atoms. The third-order valence-electron chi connectivity index (χ3n) is 6.09. The molecule has 0 amide bonds. The third kappa shape index (κ3) is 11.3. The van der Waals surface area contributed by atoms with Crippen molar-refractivity contribution in [3.63, 3.8) is 0 Å². The minimum Gasteiger partial charge on any atom is -0.0622 e. The summed E-state index contributed by atoms with van der Waals surface area (Å²) in [6.45, 7) is 6.00. The van der Waals surface area contributed by atoms with Crippen LogP contribution in [-0.2, 0) is 15.9 Å². The Morgan fingerprint density at radius 2 is 0.419 bits per heavy atom. The van der Waals surface area contributed by atoms with E-state index in [-0.39, 0.29) is 15.9 Å². The van der Waals surface area contributed by atoms with Gasteiger partial charge in [0, 0.05) is 0 Å². The molecule has 0 nitrogen and oxygen atoms in total. The summed E-state index contributed by atoms with van der Waals surface area (Å²) in [7, 11) is 8.74. The summed E-state index contributed by atoms with van der Waals surface area (Å²) < 4.78 is 0. The quantitative estimate of drug-likeness (QED) is 0.0913. The Morgan fingerprint density at radius 3 is 0.535 bits per heavy atom. The molecule has 0 heterocycles. The fourth-order valence-corrected chi connectivity index (χ4v) is 8.97. The van der Waals surface area contributed by atoms with Gasteiger partial charge in [-0.25, -0.2) is 0 Å². The molecule has 0 unspecified atom stereocenters. The maximum absolute atomic E-state index is 4.81. The molecule has 0 fully saturated rings. The summed E-state index contributed by atoms with van der Waals surface area (Å²) in [6, 6.07) is 64.7. The third-order valence-corrected chi connectivity index (χ3v) is 11.0. The van der Waals surface area contributed by atoms with Gasteiger partial charge in [-0.2, -0.15) is 0 Å². The molecule has 5 heteroatoms. The Morgan fingerprint density at radius 1 is 0.302 bits per heavy atom. The van der Waals surface area contributed by atoms with Crippen molar-refractivity contribution in [1.82, 2.24) is 0 Å². The summed E-state index contributed by atoms with van der Waals surface area (Å²) in [5.74, 6) is 0. The van der Waals surface area contributed by atoms with Crippen molar-refractivity contribution in [3.05, 3.63) is 195 Å². The molecule has 0 atom stereocenters. The normalized spacial score (nSPS) is 9.95. The van der Waals surface area contributed by atoms with Crippen molar-refractivity contribution in [3.8, 4) is 0 Å². The molecule has 0 saturated heterocycles. The van der Waals surface area contributed by atoms with Gasteiger partial charge in [0.15, 0.2) is 0 Å². The van der Waals surface area contributed by atoms with Gasteiger partial charge in [-0.3, -0.25) is 0 Å². The van der Waals surface area contributed by atoms with E-state index in [0.717, 1.165) is 0 Å². The van der Waals surface area contributed by atoms with Crippen LogP contribution in [0.2, 0.25) is 0 Å². The Balaban J connectivity index is 0.000000205. The molecule has 0 aromatic heterocycles. The van der Waals surface area contributed by atoms with Crippen LogP contribution in [0, 0.1) is 0 Å². The minimum atomic E-state index is -0.446. The predicted molar refractivity (Wildman–Crippen MR) is 193 cm³/mol. The number of benzene rings is 6. The molecule has 0 radical (unpaired) electrons. The SMILES string of the molecule is C=C.[Cl][Pd][Cl].c1ccc(P(c2ccccc2)c2ccccc2)cc1.c1ccc(P(c2ccccc2)c2ccccc2)cc1. The van der Waals surface area contributed by atoms with Crippen LogP contribution >= 0.6 is 34.9 Å². The summed E-state index contributed by atoms with van der Waals surface area (Å²) in [6.07, 6.45) is 0. The first kappa shape index (κ1) is 34.7. The van der Waals surface area contributed by atoms with Crippen LogP contribution in [0.1, 0.15) is 0 Å². The van der Waals surface area contributed by atoms with Crippen LogP contribution in [0.3, 0.4) is 0 Å². The molecule has 220 valence electrons. The Bertz CT molecular complexity index is 1220. The second-order valence-electron chi connectivity index (χ2n) is 8.73. The molecule has 6 aromatic carbocycles. The second-order valence-corrected chi connectivity index (χ2v) is 15.5. The summed E-state index contributed by atoms with van der Waals surface area (Å²) in [5.41, 5.74) is 0. The van der Waals surface area contributed by atoms with E-state index in [2.05, 4.69) is 195 Å². The molecule has 0 N–H and O–H groups in total. The largest absolute Gasteiger partial charge is 0.0622 e. The number of halogens is 2. The molecule has 0 aliphatic heterocycles. The predicted octanol–water partition coefficient (Wildman–Crippen LogP) is 9.07. The van der Waals surface area contributed by atoms with Crippen LogP contribution in [0.5, 0.6) is 0 Å². The zero-order valence-electron chi connectivity index (χ0n) is 23.7. The van der Waals surface area contributed by atoms with Crippen molar-refractivity contribution < 1.29 is 15.9 Å². The van der Waals surface area contributed by atoms with E-state index in [1.165, 1.54) is 31.8 Å². The van der Waals surface area contributed by atoms with Crippen molar-refractivity contribution in [1.29, 1.82) is 0 Å². The Hall–Kier alpha value is -2.84. The van der Waals surface area contributed by atoms with Crippen LogP contribution in [0.4, 0.5) is 0 Å². The van der Waals surface area contributed by atoms with Gasteiger partial charge in [0.1, 0.15) is 0 Å². The van der Waals surface area contributed by atoms with Crippen molar-refractivity contribution in [2.24, 2.45) is 0 Å². The van der Waals surface area contributed by atoms with E-state index < -0.39 is 15.8 Å². The van der Waals surface area contributed by atoms with Gasteiger partial charge in [-0.05, 0) is 47.7 Å². The zero-order chi connectivity index (χ0) is 30.5. The smallest absolute Gasteiger partial charge is 0.0134 e. The molecule has 0 bridgehead atoms. The summed E-state index contributed by atoms with van der Waals surface area (Å²) in [5, 5.41) is 8.39. The van der Waals surface area contributed by atoms with E-state index in [4.69, 9.17) is 19.1 Å². The Labute approximate surface area is 276 Å². The van der Waals surface area contributed by atoms with Crippen molar-refractivity contribution in [2.75, 3.05) is 0 Å². The molecular weight excluding hydrogens is 696 g/mol. The van der Waals surface area contributed by atoms with Gasteiger partial charge >= 0.3 is 35.0 Å². The van der Waals surface area contributed by atoms with Crippen LogP contribution in [0.15, 0.2) is 195 Å². The Kier molecular flexibility index (Phi) is 16.9.